The Bertz CT molecular complexity index is 736. The van der Waals surface area contributed by atoms with Crippen LogP contribution in [0.2, 0.25) is 0 Å². The van der Waals surface area contributed by atoms with Crippen molar-refractivity contribution in [2.45, 2.75) is 65.5 Å². The number of carbonyl (C=O) groups is 2. The van der Waals surface area contributed by atoms with Crippen LogP contribution in [0.25, 0.3) is 0 Å². The second-order valence-corrected chi connectivity index (χ2v) is 11.7. The van der Waals surface area contributed by atoms with Gasteiger partial charge in [-0.15, -0.1) is 0 Å². The zero-order chi connectivity index (χ0) is 20.9. The summed E-state index contributed by atoms with van der Waals surface area (Å²) in [5.41, 5.74) is 0.950. The summed E-state index contributed by atoms with van der Waals surface area (Å²) in [6.45, 7) is 9.52. The van der Waals surface area contributed by atoms with Crippen molar-refractivity contribution in [3.63, 3.8) is 0 Å². The van der Waals surface area contributed by atoms with E-state index in [0.717, 1.165) is 6.54 Å². The third-order valence-corrected chi connectivity index (χ3v) is 9.50. The number of nitrogens with zero attached hydrogens (tertiary/aromatic N) is 1. The van der Waals surface area contributed by atoms with Gasteiger partial charge in [-0.25, -0.2) is 0 Å². The van der Waals surface area contributed by atoms with Gasteiger partial charge < -0.3 is 20.4 Å². The topological polar surface area (TPSA) is 89.9 Å². The Morgan fingerprint density at radius 1 is 1.14 bits per heavy atom. The molecule has 6 nitrogen and oxygen atoms in total. The van der Waals surface area contributed by atoms with E-state index < -0.39 is 0 Å². The van der Waals surface area contributed by atoms with Crippen LogP contribution in [-0.2, 0) is 9.59 Å². The molecule has 7 atom stereocenters. The molecule has 3 N–H and O–H groups in total. The fourth-order valence-corrected chi connectivity index (χ4v) is 6.92. The number of piperidine rings is 2. The fourth-order valence-electron chi connectivity index (χ4n) is 6.92. The monoisotopic (exact) mass is 404 g/mol. The van der Waals surface area contributed by atoms with Crippen molar-refractivity contribution in [1.29, 1.82) is 0 Å². The van der Waals surface area contributed by atoms with Crippen molar-refractivity contribution < 1.29 is 19.8 Å². The van der Waals surface area contributed by atoms with Gasteiger partial charge in [0.2, 0.25) is 11.8 Å². The quantitative estimate of drug-likeness (QED) is 0.663. The van der Waals surface area contributed by atoms with Crippen molar-refractivity contribution in [2.75, 3.05) is 19.8 Å². The molecule has 2 aliphatic heterocycles. The van der Waals surface area contributed by atoms with Crippen molar-refractivity contribution >= 4 is 11.8 Å². The van der Waals surface area contributed by atoms with Crippen molar-refractivity contribution in [1.82, 2.24) is 10.2 Å². The molecule has 6 heteroatoms. The van der Waals surface area contributed by atoms with Gasteiger partial charge in [0.05, 0.1) is 25.3 Å². The lowest BCUT2D eigenvalue weighted by molar-refractivity contribution is -0.141. The molecule has 2 heterocycles. The Kier molecular flexibility index (Phi) is 4.08. The van der Waals surface area contributed by atoms with Crippen LogP contribution in [0, 0.1) is 45.8 Å². The number of rotatable bonds is 3. The average molecular weight is 405 g/mol. The van der Waals surface area contributed by atoms with Gasteiger partial charge in [0, 0.05) is 18.4 Å². The number of aliphatic hydroxyl groups excluding tert-OH is 2. The first kappa shape index (κ1) is 19.8. The van der Waals surface area contributed by atoms with E-state index in [2.05, 4.69) is 26.1 Å². The zero-order valence-corrected chi connectivity index (χ0v) is 18.1. The third kappa shape index (κ3) is 2.67. The van der Waals surface area contributed by atoms with Crippen LogP contribution >= 0.6 is 0 Å². The summed E-state index contributed by atoms with van der Waals surface area (Å²) in [6, 6.07) is 0.185. The van der Waals surface area contributed by atoms with Gasteiger partial charge in [-0.05, 0) is 59.7 Å². The Balaban J connectivity index is 0.000000140. The lowest BCUT2D eigenvalue weighted by Crippen LogP contribution is -2.46. The number of fused-ring (bicyclic) bond motifs is 6. The average Bonchev–Trinajstić information content (AvgIpc) is 3.64. The van der Waals surface area contributed by atoms with Gasteiger partial charge in [-0.1, -0.05) is 27.7 Å². The third-order valence-electron chi connectivity index (χ3n) is 9.50. The summed E-state index contributed by atoms with van der Waals surface area (Å²) in [6.07, 6.45) is 5.09. The highest BCUT2D eigenvalue weighted by molar-refractivity contribution is 5.88. The standard InChI is InChI=1S/C15H25NO2.C8H11NO2/c1-9(14(2,3)4)13(18)16-7-10-12(11(16)8-17)15(10)5-6-15;10-3-4-5-6(7(11)9-4)8(5)1-2-8/h9-12,17H,5-8H2,1-4H3;4-6,10H,1-3H2,(H,9,11)/t9-,10+,11-,12?;4-,5?,6-/m11/s1. The molecule has 6 aliphatic rings. The maximum atomic E-state index is 12.6. The number of likely N-dealkylation sites (tertiary alicyclic amines) is 1. The molecule has 6 rings (SSSR count). The molecule has 4 saturated carbocycles. The largest absolute Gasteiger partial charge is 0.394 e. The summed E-state index contributed by atoms with van der Waals surface area (Å²) in [7, 11) is 0. The van der Waals surface area contributed by atoms with Gasteiger partial charge in [-0.3, -0.25) is 9.59 Å². The molecular weight excluding hydrogens is 368 g/mol. The predicted octanol–water partition coefficient (Wildman–Crippen LogP) is 1.40. The first-order valence-corrected chi connectivity index (χ1v) is 11.4. The van der Waals surface area contributed by atoms with Gasteiger partial charge in [-0.2, -0.15) is 0 Å². The van der Waals surface area contributed by atoms with E-state index >= 15 is 0 Å². The Hall–Kier alpha value is -1.14. The fraction of sp³-hybridized carbons (Fsp3) is 0.913. The van der Waals surface area contributed by atoms with Crippen LogP contribution in [0.3, 0.4) is 0 Å². The highest BCUT2D eigenvalue weighted by Crippen LogP contribution is 2.79. The first-order valence-electron chi connectivity index (χ1n) is 11.4. The van der Waals surface area contributed by atoms with Crippen LogP contribution < -0.4 is 5.32 Å². The van der Waals surface area contributed by atoms with E-state index in [9.17, 15) is 14.7 Å². The summed E-state index contributed by atoms with van der Waals surface area (Å²) in [5.74, 6) is 2.53. The van der Waals surface area contributed by atoms with Gasteiger partial charge in [0.25, 0.3) is 0 Å². The van der Waals surface area contributed by atoms with Crippen molar-refractivity contribution in [2.24, 2.45) is 45.8 Å². The van der Waals surface area contributed by atoms with E-state index in [1.165, 1.54) is 25.7 Å². The molecule has 0 aromatic rings. The molecular formula is C23H36N2O4. The molecule has 6 fully saturated rings. The minimum Gasteiger partial charge on any atom is -0.394 e. The molecule has 2 saturated heterocycles. The second-order valence-electron chi connectivity index (χ2n) is 11.7. The SMILES string of the molecule is C[C@H](C(=O)N1C[C@H]2C([C@H]1CO)C21CC1)C(C)(C)C.O=C1N[C@H](CO)C2[C@H]1C21CC1. The maximum absolute atomic E-state index is 12.6. The molecule has 2 unspecified atom stereocenters. The van der Waals surface area contributed by atoms with Crippen molar-refractivity contribution in [3.8, 4) is 0 Å². The van der Waals surface area contributed by atoms with Crippen LogP contribution in [0.5, 0.6) is 0 Å². The molecule has 2 amide bonds. The molecule has 29 heavy (non-hydrogen) atoms. The van der Waals surface area contributed by atoms with Crippen molar-refractivity contribution in [3.05, 3.63) is 0 Å². The number of amides is 2. The van der Waals surface area contributed by atoms with Gasteiger partial charge in [0.1, 0.15) is 0 Å². The normalized spacial score (nSPS) is 41.9. The zero-order valence-electron chi connectivity index (χ0n) is 18.1. The van der Waals surface area contributed by atoms with E-state index in [1.54, 1.807) is 0 Å². The molecule has 0 aromatic heterocycles. The minimum atomic E-state index is 0.00113. The van der Waals surface area contributed by atoms with E-state index in [0.29, 0.717) is 28.6 Å². The predicted molar refractivity (Wildman–Crippen MR) is 108 cm³/mol. The van der Waals surface area contributed by atoms with Gasteiger partial charge in [0.15, 0.2) is 0 Å². The maximum Gasteiger partial charge on any atom is 0.226 e. The Labute approximate surface area is 173 Å². The molecule has 0 aromatic carbocycles. The number of hydrogen-bond donors (Lipinski definition) is 3. The molecule has 2 spiro atoms. The Morgan fingerprint density at radius 2 is 1.76 bits per heavy atom. The molecule has 0 bridgehead atoms. The van der Waals surface area contributed by atoms with Crippen LogP contribution in [0.1, 0.15) is 53.4 Å². The smallest absolute Gasteiger partial charge is 0.226 e. The highest BCUT2D eigenvalue weighted by Gasteiger charge is 2.79. The van der Waals surface area contributed by atoms with Crippen LogP contribution in [-0.4, -0.2) is 58.8 Å². The van der Waals surface area contributed by atoms with Crippen LogP contribution in [0.4, 0.5) is 0 Å². The van der Waals surface area contributed by atoms with Gasteiger partial charge >= 0.3 is 0 Å². The first-order chi connectivity index (χ1) is 13.6. The van der Waals surface area contributed by atoms with E-state index in [-0.39, 0.29) is 54.4 Å². The Morgan fingerprint density at radius 3 is 2.21 bits per heavy atom. The summed E-state index contributed by atoms with van der Waals surface area (Å²) < 4.78 is 0. The van der Waals surface area contributed by atoms with E-state index in [1.807, 2.05) is 11.8 Å². The molecule has 0 radical (unpaired) electrons. The highest BCUT2D eigenvalue weighted by atomic mass is 16.3. The summed E-state index contributed by atoms with van der Waals surface area (Å²) in [5, 5.41) is 21.4. The lowest BCUT2D eigenvalue weighted by atomic mass is 9.81. The second kappa shape index (κ2) is 5.97. The summed E-state index contributed by atoms with van der Waals surface area (Å²) in [4.78, 5) is 25.8. The number of carbonyl (C=O) groups excluding carboxylic acids is 2. The van der Waals surface area contributed by atoms with Crippen LogP contribution in [0.15, 0.2) is 0 Å². The molecule has 162 valence electrons. The minimum absolute atomic E-state index is 0.00113. The number of hydrogen-bond acceptors (Lipinski definition) is 4. The summed E-state index contributed by atoms with van der Waals surface area (Å²) >= 11 is 0. The number of nitrogens with one attached hydrogen (secondary N) is 1. The molecule has 4 aliphatic carbocycles. The lowest BCUT2D eigenvalue weighted by Gasteiger charge is -2.35. The number of aliphatic hydroxyl groups is 2. The van der Waals surface area contributed by atoms with E-state index in [4.69, 9.17) is 5.11 Å².